The molecule has 0 bridgehead atoms. The highest BCUT2D eigenvalue weighted by Gasteiger charge is 2.18. The number of halogens is 2. The second kappa shape index (κ2) is 11.9. The third kappa shape index (κ3) is 6.96. The number of nitro groups is 2. The van der Waals surface area contributed by atoms with E-state index in [1.807, 2.05) is 30.3 Å². The van der Waals surface area contributed by atoms with Crippen LogP contribution in [-0.4, -0.2) is 31.1 Å². The van der Waals surface area contributed by atoms with E-state index in [0.717, 1.165) is 5.56 Å². The maximum atomic E-state index is 11.1. The average molecular weight is 493 g/mol. The highest BCUT2D eigenvalue weighted by atomic mass is 35.5. The summed E-state index contributed by atoms with van der Waals surface area (Å²) in [7, 11) is 4.90. The molecule has 174 valence electrons. The van der Waals surface area contributed by atoms with Gasteiger partial charge in [-0.05, 0) is 11.6 Å². The largest absolute Gasteiger partial charge is 0.495 e. The predicted molar refractivity (Wildman–Crippen MR) is 131 cm³/mol. The Balaban J connectivity index is 0.000000257. The van der Waals surface area contributed by atoms with Crippen molar-refractivity contribution in [3.8, 4) is 5.75 Å². The molecule has 0 aliphatic heterocycles. The maximum absolute atomic E-state index is 11.1. The number of rotatable bonds is 7. The van der Waals surface area contributed by atoms with E-state index in [4.69, 9.17) is 27.9 Å². The maximum Gasteiger partial charge on any atom is 0.294 e. The minimum absolute atomic E-state index is 0.0255. The number of nitrogens with zero attached hydrogens (tertiary/aromatic N) is 3. The molecule has 0 saturated heterocycles. The van der Waals surface area contributed by atoms with Gasteiger partial charge in [0.25, 0.3) is 11.4 Å². The summed E-state index contributed by atoms with van der Waals surface area (Å²) in [5, 5.41) is 25.3. The number of ether oxygens (including phenoxy) is 1. The number of anilines is 2. The fourth-order valence-corrected chi connectivity index (χ4v) is 3.45. The van der Waals surface area contributed by atoms with Gasteiger partial charge in [-0.25, -0.2) is 0 Å². The molecule has 0 aliphatic carbocycles. The van der Waals surface area contributed by atoms with Crippen molar-refractivity contribution < 1.29 is 14.6 Å². The van der Waals surface area contributed by atoms with E-state index in [2.05, 4.69) is 5.32 Å². The molecule has 9 nitrogen and oxygen atoms in total. The van der Waals surface area contributed by atoms with Gasteiger partial charge in [0.1, 0.15) is 17.1 Å². The minimum Gasteiger partial charge on any atom is -0.495 e. The number of hydrogen-bond acceptors (Lipinski definition) is 7. The quantitative estimate of drug-likeness (QED) is 0.309. The van der Waals surface area contributed by atoms with Gasteiger partial charge in [0.2, 0.25) is 0 Å². The van der Waals surface area contributed by atoms with E-state index in [-0.39, 0.29) is 16.4 Å². The van der Waals surface area contributed by atoms with E-state index >= 15 is 0 Å². The lowest BCUT2D eigenvalue weighted by Crippen LogP contribution is -2.11. The van der Waals surface area contributed by atoms with Crippen molar-refractivity contribution in [1.82, 2.24) is 0 Å². The molecular formula is C22H22Cl2N4O5. The Bertz CT molecular complexity index is 1130. The van der Waals surface area contributed by atoms with E-state index in [9.17, 15) is 20.2 Å². The Morgan fingerprint density at radius 3 is 2.06 bits per heavy atom. The minimum atomic E-state index is -0.474. The molecule has 0 unspecified atom stereocenters. The van der Waals surface area contributed by atoms with Crippen LogP contribution in [0.4, 0.5) is 22.7 Å². The molecule has 0 saturated carbocycles. The van der Waals surface area contributed by atoms with Crippen LogP contribution in [-0.2, 0) is 6.54 Å². The van der Waals surface area contributed by atoms with Gasteiger partial charge in [0, 0.05) is 38.8 Å². The number of para-hydroxylation sites is 1. The van der Waals surface area contributed by atoms with E-state index in [1.165, 1.54) is 25.3 Å². The first-order valence-electron chi connectivity index (χ1n) is 9.55. The van der Waals surface area contributed by atoms with Gasteiger partial charge < -0.3 is 15.0 Å². The monoisotopic (exact) mass is 492 g/mol. The summed E-state index contributed by atoms with van der Waals surface area (Å²) in [6.07, 6.45) is 0. The lowest BCUT2D eigenvalue weighted by atomic mass is 10.2. The Morgan fingerprint density at radius 1 is 0.909 bits per heavy atom. The van der Waals surface area contributed by atoms with Gasteiger partial charge in [0.15, 0.2) is 0 Å². The zero-order valence-corrected chi connectivity index (χ0v) is 19.6. The zero-order valence-electron chi connectivity index (χ0n) is 18.1. The first-order valence-corrected chi connectivity index (χ1v) is 10.3. The first kappa shape index (κ1) is 25.7. The van der Waals surface area contributed by atoms with Crippen molar-refractivity contribution in [2.24, 2.45) is 0 Å². The fraction of sp³-hybridized carbons (Fsp3) is 0.182. The number of methoxy groups -OCH3 is 1. The summed E-state index contributed by atoms with van der Waals surface area (Å²) in [6, 6.07) is 17.0. The van der Waals surface area contributed by atoms with E-state index in [1.54, 1.807) is 31.1 Å². The molecule has 0 amide bonds. The summed E-state index contributed by atoms with van der Waals surface area (Å²) in [4.78, 5) is 22.4. The number of benzene rings is 3. The van der Waals surface area contributed by atoms with Gasteiger partial charge in [-0.1, -0.05) is 59.6 Å². The molecule has 11 heteroatoms. The first-order chi connectivity index (χ1) is 15.6. The summed E-state index contributed by atoms with van der Waals surface area (Å²) < 4.78 is 5.08. The highest BCUT2D eigenvalue weighted by Crippen LogP contribution is 2.36. The van der Waals surface area contributed by atoms with Crippen molar-refractivity contribution in [2.75, 3.05) is 31.4 Å². The van der Waals surface area contributed by atoms with Gasteiger partial charge >= 0.3 is 0 Å². The molecule has 0 aliphatic rings. The van der Waals surface area contributed by atoms with Crippen LogP contribution in [0.25, 0.3) is 0 Å². The smallest absolute Gasteiger partial charge is 0.294 e. The molecular weight excluding hydrogens is 471 g/mol. The van der Waals surface area contributed by atoms with Crippen molar-refractivity contribution in [1.29, 1.82) is 0 Å². The molecule has 0 radical (unpaired) electrons. The van der Waals surface area contributed by atoms with Crippen molar-refractivity contribution in [3.05, 3.63) is 96.5 Å². The number of hydrogen-bond donors (Lipinski definition) is 1. The average Bonchev–Trinajstić information content (AvgIpc) is 2.78. The fourth-order valence-electron chi connectivity index (χ4n) is 2.88. The Labute approximate surface area is 200 Å². The van der Waals surface area contributed by atoms with Crippen molar-refractivity contribution >= 4 is 46.0 Å². The molecule has 3 aromatic rings. The normalized spacial score (nSPS) is 9.97. The van der Waals surface area contributed by atoms with Crippen LogP contribution in [0.15, 0.2) is 60.7 Å². The van der Waals surface area contributed by atoms with Crippen LogP contribution in [0, 0.1) is 20.2 Å². The Hall–Kier alpha value is -3.56. The summed E-state index contributed by atoms with van der Waals surface area (Å²) >= 11 is 11.7. The Kier molecular flexibility index (Phi) is 9.26. The van der Waals surface area contributed by atoms with Crippen LogP contribution in [0.1, 0.15) is 5.56 Å². The standard InChI is InChI=1S/C14H13ClN2O3.C8H9ClN2O2/c1-20-14-8-12(13(17(18)19)7-11(14)15)16-9-10-5-3-2-4-6-10;1-10(2)8-6(9)4-3-5-7(8)11(12)13/h2-8,16H,9H2,1H3;3-5H,1-2H3. The van der Waals surface area contributed by atoms with Crippen molar-refractivity contribution in [3.63, 3.8) is 0 Å². The predicted octanol–water partition coefficient (Wildman–Crippen LogP) is 6.18. The van der Waals surface area contributed by atoms with E-state index in [0.29, 0.717) is 28.7 Å². The highest BCUT2D eigenvalue weighted by molar-refractivity contribution is 6.33. The molecule has 0 spiro atoms. The molecule has 3 rings (SSSR count). The lowest BCUT2D eigenvalue weighted by Gasteiger charge is -2.13. The van der Waals surface area contributed by atoms with Crippen LogP contribution >= 0.6 is 23.2 Å². The second-order valence-corrected chi connectivity index (χ2v) is 7.67. The molecule has 33 heavy (non-hydrogen) atoms. The summed E-state index contributed by atoms with van der Waals surface area (Å²) in [6.45, 7) is 0.479. The molecule has 0 heterocycles. The molecule has 0 aromatic heterocycles. The molecule has 0 atom stereocenters. The topological polar surface area (TPSA) is 111 Å². The number of nitrogens with one attached hydrogen (secondary N) is 1. The molecule has 3 aromatic carbocycles. The van der Waals surface area contributed by atoms with Crippen LogP contribution in [0.3, 0.4) is 0 Å². The third-order valence-corrected chi connectivity index (χ3v) is 5.00. The van der Waals surface area contributed by atoms with Gasteiger partial charge in [0.05, 0.1) is 27.0 Å². The Morgan fingerprint density at radius 2 is 1.55 bits per heavy atom. The third-order valence-electron chi connectivity index (χ3n) is 4.40. The van der Waals surface area contributed by atoms with E-state index < -0.39 is 9.85 Å². The van der Waals surface area contributed by atoms with Crippen molar-refractivity contribution in [2.45, 2.75) is 6.54 Å². The lowest BCUT2D eigenvalue weighted by molar-refractivity contribution is -0.384. The van der Waals surface area contributed by atoms with Crippen LogP contribution < -0.4 is 15.0 Å². The van der Waals surface area contributed by atoms with Gasteiger partial charge in [-0.15, -0.1) is 0 Å². The van der Waals surface area contributed by atoms with Crippen LogP contribution in [0.5, 0.6) is 5.75 Å². The summed E-state index contributed by atoms with van der Waals surface area (Å²) in [5.74, 6) is 0.396. The molecule has 0 fully saturated rings. The summed E-state index contributed by atoms with van der Waals surface area (Å²) in [5.41, 5.74) is 1.79. The number of nitro benzene ring substituents is 2. The van der Waals surface area contributed by atoms with Gasteiger partial charge in [-0.3, -0.25) is 20.2 Å². The van der Waals surface area contributed by atoms with Crippen LogP contribution in [0.2, 0.25) is 10.0 Å². The zero-order chi connectivity index (χ0) is 24.5. The molecule has 1 N–H and O–H groups in total. The second-order valence-electron chi connectivity index (χ2n) is 6.86. The van der Waals surface area contributed by atoms with Gasteiger partial charge in [-0.2, -0.15) is 0 Å². The SMILES string of the molecule is CN(C)c1c(Cl)cccc1[N+](=O)[O-].COc1cc(NCc2ccccc2)c([N+](=O)[O-])cc1Cl.